The smallest absolute Gasteiger partial charge is 0.233 e. The van der Waals surface area contributed by atoms with Crippen LogP contribution in [0.2, 0.25) is 0 Å². The van der Waals surface area contributed by atoms with Crippen LogP contribution in [-0.2, 0) is 14.3 Å². The van der Waals surface area contributed by atoms with Crippen LogP contribution >= 0.6 is 0 Å². The van der Waals surface area contributed by atoms with Gasteiger partial charge < -0.3 is 25.0 Å². The van der Waals surface area contributed by atoms with E-state index in [1.165, 1.54) is 12.4 Å². The van der Waals surface area contributed by atoms with E-state index in [0.717, 1.165) is 19.3 Å². The lowest BCUT2D eigenvalue weighted by molar-refractivity contribution is -0.135. The number of hydrogen-bond acceptors (Lipinski definition) is 7. The van der Waals surface area contributed by atoms with Crippen LogP contribution in [0.1, 0.15) is 25.7 Å². The molecule has 1 saturated heterocycles. The summed E-state index contributed by atoms with van der Waals surface area (Å²) in [5.74, 6) is -0.352. The number of benzene rings is 2. The molecule has 4 rings (SSSR count). The van der Waals surface area contributed by atoms with Crippen LogP contribution in [0.25, 0.3) is 10.9 Å². The van der Waals surface area contributed by atoms with Gasteiger partial charge in [0.05, 0.1) is 17.5 Å². The van der Waals surface area contributed by atoms with E-state index in [-0.39, 0.29) is 23.6 Å². The Bertz CT molecular complexity index is 1180. The van der Waals surface area contributed by atoms with E-state index in [9.17, 15) is 14.0 Å². The van der Waals surface area contributed by atoms with Crippen molar-refractivity contribution >= 4 is 39.9 Å². The minimum absolute atomic E-state index is 0.148. The molecule has 1 aliphatic rings. The zero-order valence-corrected chi connectivity index (χ0v) is 19.6. The van der Waals surface area contributed by atoms with Gasteiger partial charge in [0.25, 0.3) is 0 Å². The van der Waals surface area contributed by atoms with Crippen LogP contribution in [0.4, 0.5) is 21.6 Å². The number of halogens is 1. The molecule has 0 bridgehead atoms. The first-order valence-corrected chi connectivity index (χ1v) is 11.5. The van der Waals surface area contributed by atoms with Gasteiger partial charge in [0.1, 0.15) is 36.7 Å². The lowest BCUT2D eigenvalue weighted by Gasteiger charge is -2.26. The number of carbonyl (C=O) groups is 2. The maximum Gasteiger partial charge on any atom is 0.233 e. The van der Waals surface area contributed by atoms with Crippen LogP contribution in [0, 0.1) is 5.82 Å². The number of likely N-dealkylation sites (tertiary alicyclic amines) is 1. The number of ether oxygens (including phenoxy) is 2. The molecule has 1 aromatic heterocycles. The van der Waals surface area contributed by atoms with Crippen LogP contribution in [0.5, 0.6) is 5.75 Å². The number of nitrogens with zero attached hydrogens (tertiary/aromatic N) is 3. The van der Waals surface area contributed by atoms with Crippen molar-refractivity contribution in [3.63, 3.8) is 0 Å². The third-order valence-corrected chi connectivity index (χ3v) is 5.67. The van der Waals surface area contributed by atoms with E-state index in [1.807, 2.05) is 0 Å². The normalized spacial score (nSPS) is 13.5. The number of fused-ring (bicyclic) bond motifs is 1. The molecular formula is C25H28FN5O4. The van der Waals surface area contributed by atoms with Gasteiger partial charge in [-0.25, -0.2) is 14.4 Å². The second-order valence-corrected chi connectivity index (χ2v) is 8.23. The zero-order chi connectivity index (χ0) is 24.6. The summed E-state index contributed by atoms with van der Waals surface area (Å²) in [4.78, 5) is 34.6. The van der Waals surface area contributed by atoms with Crippen molar-refractivity contribution in [2.75, 3.05) is 44.0 Å². The zero-order valence-electron chi connectivity index (χ0n) is 19.6. The molecule has 9 nitrogen and oxygen atoms in total. The number of anilines is 3. The number of carbonyl (C=O) groups excluding carboxylic acids is 2. The molecule has 10 heteroatoms. The summed E-state index contributed by atoms with van der Waals surface area (Å²) in [6.07, 6.45) is 4.26. The first kappa shape index (κ1) is 24.3. The fourth-order valence-electron chi connectivity index (χ4n) is 3.91. The Morgan fingerprint density at radius 3 is 2.51 bits per heavy atom. The van der Waals surface area contributed by atoms with E-state index in [0.29, 0.717) is 54.8 Å². The lowest BCUT2D eigenvalue weighted by atomic mass is 10.1. The molecule has 0 aliphatic carbocycles. The molecule has 184 valence electrons. The first-order valence-electron chi connectivity index (χ1n) is 11.5. The van der Waals surface area contributed by atoms with Crippen LogP contribution < -0.4 is 15.4 Å². The predicted molar refractivity (Wildman–Crippen MR) is 130 cm³/mol. The number of hydrogen-bond donors (Lipinski definition) is 2. The quantitative estimate of drug-likeness (QED) is 0.353. The average molecular weight is 482 g/mol. The molecule has 2 aromatic carbocycles. The van der Waals surface area contributed by atoms with Gasteiger partial charge in [-0.1, -0.05) is 0 Å². The van der Waals surface area contributed by atoms with Crippen LogP contribution in [0.15, 0.2) is 42.7 Å². The van der Waals surface area contributed by atoms with E-state index in [2.05, 4.69) is 20.6 Å². The molecule has 2 N–H and O–H groups in total. The van der Waals surface area contributed by atoms with Gasteiger partial charge in [-0.2, -0.15) is 0 Å². The summed E-state index contributed by atoms with van der Waals surface area (Å²) in [6, 6.07) is 9.80. The summed E-state index contributed by atoms with van der Waals surface area (Å²) < 4.78 is 25.3. The van der Waals surface area contributed by atoms with Gasteiger partial charge in [-0.15, -0.1) is 0 Å². The summed E-state index contributed by atoms with van der Waals surface area (Å²) in [6.45, 7) is 2.12. The molecule has 2 amide bonds. The highest BCUT2D eigenvalue weighted by atomic mass is 19.1. The number of aromatic nitrogens is 2. The summed E-state index contributed by atoms with van der Waals surface area (Å²) >= 11 is 0. The summed E-state index contributed by atoms with van der Waals surface area (Å²) in [5.41, 5.74) is 1.60. The standard InChI is InChI=1S/C25H28FN5O4/c1-34-11-12-35-19-13-20(26)24-21(14-19)27-16-28-25(24)30-18-7-5-17(6-8-18)29-22(32)15-23(33)31-9-3-2-4-10-31/h5-8,13-14,16H,2-4,9-12,15H2,1H3,(H,29,32)(H,27,28,30). The Morgan fingerprint density at radius 1 is 1.03 bits per heavy atom. The number of nitrogens with one attached hydrogen (secondary N) is 2. The molecule has 0 atom stereocenters. The summed E-state index contributed by atoms with van der Waals surface area (Å²) in [5, 5.41) is 6.07. The highest BCUT2D eigenvalue weighted by molar-refractivity contribution is 6.03. The SMILES string of the molecule is COCCOc1cc(F)c2c(Nc3ccc(NC(=O)CC(=O)N4CCCCC4)cc3)ncnc2c1. The van der Waals surface area contributed by atoms with Gasteiger partial charge in [0.2, 0.25) is 11.8 Å². The van der Waals surface area contributed by atoms with Crippen molar-refractivity contribution in [3.05, 3.63) is 48.5 Å². The van der Waals surface area contributed by atoms with E-state index in [1.54, 1.807) is 42.3 Å². The molecule has 0 radical (unpaired) electrons. The Hall–Kier alpha value is -3.79. The van der Waals surface area contributed by atoms with Gasteiger partial charge in [-0.05, 0) is 43.5 Å². The average Bonchev–Trinajstić information content (AvgIpc) is 2.86. The molecule has 3 aromatic rings. The molecule has 35 heavy (non-hydrogen) atoms. The monoisotopic (exact) mass is 481 g/mol. The third kappa shape index (κ3) is 6.42. The Kier molecular flexibility index (Phi) is 8.04. The molecule has 0 spiro atoms. The largest absolute Gasteiger partial charge is 0.491 e. The van der Waals surface area contributed by atoms with E-state index >= 15 is 0 Å². The van der Waals surface area contributed by atoms with Crippen molar-refractivity contribution in [1.29, 1.82) is 0 Å². The Balaban J connectivity index is 1.39. The van der Waals surface area contributed by atoms with Crippen molar-refractivity contribution in [2.24, 2.45) is 0 Å². The van der Waals surface area contributed by atoms with Gasteiger partial charge in [0.15, 0.2) is 0 Å². The number of piperidine rings is 1. The summed E-state index contributed by atoms with van der Waals surface area (Å²) in [7, 11) is 1.56. The fraction of sp³-hybridized carbons (Fsp3) is 0.360. The fourth-order valence-corrected chi connectivity index (χ4v) is 3.91. The van der Waals surface area contributed by atoms with Gasteiger partial charge >= 0.3 is 0 Å². The third-order valence-electron chi connectivity index (χ3n) is 5.67. The minimum atomic E-state index is -0.514. The number of rotatable bonds is 9. The van der Waals surface area contributed by atoms with Gasteiger partial charge in [0, 0.05) is 43.7 Å². The van der Waals surface area contributed by atoms with Crippen LogP contribution in [0.3, 0.4) is 0 Å². The second-order valence-electron chi connectivity index (χ2n) is 8.23. The van der Waals surface area contributed by atoms with E-state index in [4.69, 9.17) is 9.47 Å². The molecule has 1 fully saturated rings. The Labute approximate surface area is 202 Å². The van der Waals surface area contributed by atoms with E-state index < -0.39 is 5.82 Å². The minimum Gasteiger partial charge on any atom is -0.491 e. The predicted octanol–water partition coefficient (Wildman–Crippen LogP) is 3.88. The molecule has 1 aliphatic heterocycles. The van der Waals surface area contributed by atoms with Crippen molar-refractivity contribution in [3.8, 4) is 5.75 Å². The maximum atomic E-state index is 14.9. The first-order chi connectivity index (χ1) is 17.0. The topological polar surface area (TPSA) is 106 Å². The van der Waals surface area contributed by atoms with Gasteiger partial charge in [-0.3, -0.25) is 9.59 Å². The van der Waals surface area contributed by atoms with Crippen molar-refractivity contribution < 1.29 is 23.5 Å². The molecular weight excluding hydrogens is 453 g/mol. The van der Waals surface area contributed by atoms with Crippen LogP contribution in [-0.4, -0.2) is 60.1 Å². The molecule has 0 unspecified atom stereocenters. The molecule has 2 heterocycles. The maximum absolute atomic E-state index is 14.9. The second kappa shape index (κ2) is 11.6. The Morgan fingerprint density at radius 2 is 1.77 bits per heavy atom. The van der Waals surface area contributed by atoms with Crippen molar-refractivity contribution in [1.82, 2.24) is 14.9 Å². The lowest BCUT2D eigenvalue weighted by Crippen LogP contribution is -2.37. The molecule has 0 saturated carbocycles. The van der Waals surface area contributed by atoms with Crippen molar-refractivity contribution in [2.45, 2.75) is 25.7 Å². The number of amides is 2. The highest BCUT2D eigenvalue weighted by Gasteiger charge is 2.19. The highest BCUT2D eigenvalue weighted by Crippen LogP contribution is 2.29. The number of methoxy groups -OCH3 is 1.